The Hall–Kier alpha value is -1.46. The average molecular weight is 281 g/mol. The van der Waals surface area contributed by atoms with Crippen LogP contribution >= 0.6 is 0 Å². The molecule has 5 nitrogen and oxygen atoms in total. The highest BCUT2D eigenvalue weighted by molar-refractivity contribution is 5.87. The molecule has 1 rings (SSSR count). The molecule has 0 spiro atoms. The predicted molar refractivity (Wildman–Crippen MR) is 75.5 cm³/mol. The Morgan fingerprint density at radius 3 is 2.40 bits per heavy atom. The van der Waals surface area contributed by atoms with E-state index in [1.165, 1.54) is 12.1 Å². The molecule has 0 aliphatic carbocycles. The van der Waals surface area contributed by atoms with Gasteiger partial charge in [0.15, 0.2) is 0 Å². The number of hydrogen-bond donors (Lipinski definition) is 3. The van der Waals surface area contributed by atoms with Crippen molar-refractivity contribution in [1.82, 2.24) is 4.98 Å². The fourth-order valence-corrected chi connectivity index (χ4v) is 2.28. The molecule has 0 saturated carbocycles. The summed E-state index contributed by atoms with van der Waals surface area (Å²) in [5.74, 6) is -0.314. The van der Waals surface area contributed by atoms with Gasteiger partial charge in [-0.05, 0) is 43.2 Å². The van der Waals surface area contributed by atoms with E-state index in [9.17, 15) is 9.90 Å². The van der Waals surface area contributed by atoms with Crippen molar-refractivity contribution in [2.24, 2.45) is 11.8 Å². The Morgan fingerprint density at radius 1 is 1.25 bits per heavy atom. The van der Waals surface area contributed by atoms with Crippen LogP contribution in [0.15, 0.2) is 12.1 Å². The van der Waals surface area contributed by atoms with E-state index in [0.717, 1.165) is 12.8 Å². The Bertz CT molecular complexity index is 445. The molecule has 1 aromatic rings. The van der Waals surface area contributed by atoms with Crippen LogP contribution in [0.4, 0.5) is 0 Å². The molecule has 0 fully saturated rings. The van der Waals surface area contributed by atoms with Gasteiger partial charge < -0.3 is 15.3 Å². The molecule has 0 aliphatic rings. The standard InChI is InChI=1S/C15H23NO4/c1-10(2)5-11(8-17)3-4-13-6-12(15(19)20)7-14(9-18)16-13/h6-7,10-11,17-18H,3-5,8-9H2,1-2H3,(H,19,20)/t11-/m0/s1. The molecule has 0 amide bonds. The molecular weight excluding hydrogens is 258 g/mol. The Kier molecular flexibility index (Phi) is 6.61. The lowest BCUT2D eigenvalue weighted by atomic mass is 9.93. The van der Waals surface area contributed by atoms with Crippen molar-refractivity contribution in [2.45, 2.75) is 39.7 Å². The molecule has 0 radical (unpaired) electrons. The van der Waals surface area contributed by atoms with Crippen LogP contribution in [0.1, 0.15) is 48.4 Å². The third kappa shape index (κ3) is 5.27. The molecular formula is C15H23NO4. The number of carboxylic acid groups (broad SMARTS) is 1. The summed E-state index contributed by atoms with van der Waals surface area (Å²) >= 11 is 0. The molecule has 0 saturated heterocycles. The maximum absolute atomic E-state index is 11.0. The second kappa shape index (κ2) is 7.97. The Labute approximate surface area is 119 Å². The number of aliphatic hydroxyl groups excluding tert-OH is 2. The van der Waals surface area contributed by atoms with Crippen molar-refractivity contribution >= 4 is 5.97 Å². The van der Waals surface area contributed by atoms with Crippen LogP contribution in [-0.2, 0) is 13.0 Å². The topological polar surface area (TPSA) is 90.7 Å². The molecule has 0 aromatic carbocycles. The maximum atomic E-state index is 11.0. The number of aromatic carboxylic acids is 1. The van der Waals surface area contributed by atoms with E-state index >= 15 is 0 Å². The molecule has 3 N–H and O–H groups in total. The summed E-state index contributed by atoms with van der Waals surface area (Å²) in [6.07, 6.45) is 2.30. The Balaban J connectivity index is 2.75. The molecule has 112 valence electrons. The zero-order chi connectivity index (χ0) is 15.1. The van der Waals surface area contributed by atoms with Gasteiger partial charge in [0.1, 0.15) is 0 Å². The van der Waals surface area contributed by atoms with Gasteiger partial charge >= 0.3 is 5.97 Å². The Morgan fingerprint density at radius 2 is 1.90 bits per heavy atom. The van der Waals surface area contributed by atoms with Gasteiger partial charge in [-0.25, -0.2) is 4.79 Å². The molecule has 0 bridgehead atoms. The summed E-state index contributed by atoms with van der Waals surface area (Å²) < 4.78 is 0. The zero-order valence-corrected chi connectivity index (χ0v) is 12.0. The maximum Gasteiger partial charge on any atom is 0.335 e. The van der Waals surface area contributed by atoms with E-state index in [-0.39, 0.29) is 24.7 Å². The van der Waals surface area contributed by atoms with E-state index in [2.05, 4.69) is 18.8 Å². The van der Waals surface area contributed by atoms with Crippen molar-refractivity contribution in [1.29, 1.82) is 0 Å². The quantitative estimate of drug-likeness (QED) is 0.676. The van der Waals surface area contributed by atoms with Crippen LogP contribution in [0.3, 0.4) is 0 Å². The van der Waals surface area contributed by atoms with Gasteiger partial charge in [0, 0.05) is 12.3 Å². The van der Waals surface area contributed by atoms with Crippen LogP contribution in [0, 0.1) is 11.8 Å². The van der Waals surface area contributed by atoms with Crippen LogP contribution in [0.25, 0.3) is 0 Å². The smallest absolute Gasteiger partial charge is 0.335 e. The first-order valence-corrected chi connectivity index (χ1v) is 6.91. The second-order valence-corrected chi connectivity index (χ2v) is 5.52. The minimum Gasteiger partial charge on any atom is -0.478 e. The number of aromatic nitrogens is 1. The minimum atomic E-state index is -1.02. The molecule has 0 aliphatic heterocycles. The summed E-state index contributed by atoms with van der Waals surface area (Å²) in [7, 11) is 0. The van der Waals surface area contributed by atoms with Gasteiger partial charge in [0.05, 0.1) is 17.9 Å². The van der Waals surface area contributed by atoms with Crippen LogP contribution in [0.2, 0.25) is 0 Å². The van der Waals surface area contributed by atoms with Crippen molar-refractivity contribution in [3.05, 3.63) is 29.1 Å². The number of carbonyl (C=O) groups is 1. The van der Waals surface area contributed by atoms with Crippen molar-refractivity contribution < 1.29 is 20.1 Å². The molecule has 1 heterocycles. The lowest BCUT2D eigenvalue weighted by Crippen LogP contribution is -2.12. The van der Waals surface area contributed by atoms with Crippen molar-refractivity contribution in [3.63, 3.8) is 0 Å². The average Bonchev–Trinajstić information content (AvgIpc) is 2.42. The minimum absolute atomic E-state index is 0.129. The molecule has 1 aromatic heterocycles. The van der Waals surface area contributed by atoms with Gasteiger partial charge in [-0.15, -0.1) is 0 Å². The van der Waals surface area contributed by atoms with E-state index in [1.54, 1.807) is 0 Å². The first-order chi connectivity index (χ1) is 9.46. The molecule has 5 heteroatoms. The van der Waals surface area contributed by atoms with Gasteiger partial charge in [-0.2, -0.15) is 0 Å². The van der Waals surface area contributed by atoms with Gasteiger partial charge in [0.25, 0.3) is 0 Å². The van der Waals surface area contributed by atoms with Crippen molar-refractivity contribution in [2.75, 3.05) is 6.61 Å². The number of carboxylic acids is 1. The lowest BCUT2D eigenvalue weighted by molar-refractivity contribution is 0.0696. The van der Waals surface area contributed by atoms with E-state index in [0.29, 0.717) is 23.7 Å². The number of pyridine rings is 1. The van der Waals surface area contributed by atoms with Crippen LogP contribution in [-0.4, -0.2) is 32.9 Å². The highest BCUT2D eigenvalue weighted by Gasteiger charge is 2.13. The second-order valence-electron chi connectivity index (χ2n) is 5.52. The van der Waals surface area contributed by atoms with Crippen LogP contribution in [0.5, 0.6) is 0 Å². The van der Waals surface area contributed by atoms with Crippen molar-refractivity contribution in [3.8, 4) is 0 Å². The number of aryl methyl sites for hydroxylation is 1. The summed E-state index contributed by atoms with van der Waals surface area (Å²) in [5, 5.41) is 27.5. The first kappa shape index (κ1) is 16.6. The fourth-order valence-electron chi connectivity index (χ4n) is 2.28. The van der Waals surface area contributed by atoms with Crippen LogP contribution < -0.4 is 0 Å². The predicted octanol–water partition coefficient (Wildman–Crippen LogP) is 1.86. The highest BCUT2D eigenvalue weighted by atomic mass is 16.4. The molecule has 20 heavy (non-hydrogen) atoms. The van der Waals surface area contributed by atoms with E-state index < -0.39 is 5.97 Å². The monoisotopic (exact) mass is 281 g/mol. The third-order valence-corrected chi connectivity index (χ3v) is 3.21. The highest BCUT2D eigenvalue weighted by Crippen LogP contribution is 2.18. The summed E-state index contributed by atoms with van der Waals surface area (Å²) in [5.41, 5.74) is 1.16. The number of nitrogens with zero attached hydrogens (tertiary/aromatic N) is 1. The summed E-state index contributed by atoms with van der Waals surface area (Å²) in [6, 6.07) is 2.91. The molecule has 0 unspecified atom stereocenters. The SMILES string of the molecule is CC(C)C[C@@H](CO)CCc1cc(C(=O)O)cc(CO)n1. The lowest BCUT2D eigenvalue weighted by Gasteiger charge is -2.16. The molecule has 1 atom stereocenters. The normalized spacial score (nSPS) is 12.7. The summed E-state index contributed by atoms with van der Waals surface area (Å²) in [6.45, 7) is 4.07. The van der Waals surface area contributed by atoms with E-state index in [1.807, 2.05) is 0 Å². The number of rotatable bonds is 8. The van der Waals surface area contributed by atoms with Gasteiger partial charge in [-0.1, -0.05) is 13.8 Å². The van der Waals surface area contributed by atoms with Gasteiger partial charge in [0.2, 0.25) is 0 Å². The number of aliphatic hydroxyl groups is 2. The van der Waals surface area contributed by atoms with E-state index in [4.69, 9.17) is 10.2 Å². The summed E-state index contributed by atoms with van der Waals surface area (Å²) in [4.78, 5) is 15.2. The zero-order valence-electron chi connectivity index (χ0n) is 12.0. The third-order valence-electron chi connectivity index (χ3n) is 3.21. The van der Waals surface area contributed by atoms with Gasteiger partial charge in [-0.3, -0.25) is 4.98 Å². The largest absolute Gasteiger partial charge is 0.478 e. The number of hydrogen-bond acceptors (Lipinski definition) is 4. The fraction of sp³-hybridized carbons (Fsp3) is 0.600. The first-order valence-electron chi connectivity index (χ1n) is 6.91.